The maximum absolute atomic E-state index is 12.7. The lowest BCUT2D eigenvalue weighted by Gasteiger charge is -2.24. The normalized spacial score (nSPS) is 13.1. The van der Waals surface area contributed by atoms with Crippen LogP contribution in [0.5, 0.6) is 11.5 Å². The lowest BCUT2D eigenvalue weighted by molar-refractivity contribution is -0.384. The van der Waals surface area contributed by atoms with Crippen molar-refractivity contribution in [3.63, 3.8) is 0 Å². The molecule has 3 aromatic carbocycles. The van der Waals surface area contributed by atoms with Gasteiger partial charge in [-0.3, -0.25) is 19.7 Å². The minimum Gasteiger partial charge on any atom is -0.494 e. The van der Waals surface area contributed by atoms with Gasteiger partial charge in [0.05, 0.1) is 56.0 Å². The molecule has 0 heterocycles. The summed E-state index contributed by atoms with van der Waals surface area (Å²) in [5.41, 5.74) is 2.72. The van der Waals surface area contributed by atoms with Gasteiger partial charge in [-0.05, 0) is 62.1 Å². The molecule has 0 fully saturated rings. The van der Waals surface area contributed by atoms with Crippen LogP contribution >= 0.6 is 0 Å². The Bertz CT molecular complexity index is 1610. The Balaban J connectivity index is 1.61. The van der Waals surface area contributed by atoms with Crippen LogP contribution in [0.4, 0.5) is 34.1 Å². The zero-order chi connectivity index (χ0) is 35.9. The molecule has 0 spiro atoms. The second-order valence-electron chi connectivity index (χ2n) is 11.3. The van der Waals surface area contributed by atoms with E-state index >= 15 is 0 Å². The topological polar surface area (TPSA) is 167 Å². The highest BCUT2D eigenvalue weighted by atomic mass is 16.6. The molecule has 0 amide bonds. The fourth-order valence-corrected chi connectivity index (χ4v) is 5.26. The van der Waals surface area contributed by atoms with Crippen LogP contribution in [0.15, 0.2) is 81.1 Å². The number of methoxy groups -OCH3 is 3. The molecule has 262 valence electrons. The fourth-order valence-electron chi connectivity index (χ4n) is 5.26. The first-order valence-electron chi connectivity index (χ1n) is 16.0. The largest absolute Gasteiger partial charge is 0.494 e. The molecule has 14 heteroatoms. The Morgan fingerprint density at radius 1 is 0.816 bits per heavy atom. The molecule has 3 atom stereocenters. The quantitative estimate of drug-likeness (QED) is 0.0554. The van der Waals surface area contributed by atoms with Crippen molar-refractivity contribution < 1.29 is 33.5 Å². The molecule has 49 heavy (non-hydrogen) atoms. The summed E-state index contributed by atoms with van der Waals surface area (Å²) in [5, 5.41) is 28.0. The molecule has 0 bridgehead atoms. The molecule has 0 aliphatic carbocycles. The molecule has 0 saturated heterocycles. The molecule has 14 nitrogen and oxygen atoms in total. The van der Waals surface area contributed by atoms with Gasteiger partial charge in [0.1, 0.15) is 29.5 Å². The molecular formula is C35H44N6O8. The van der Waals surface area contributed by atoms with Gasteiger partial charge in [0.15, 0.2) is 0 Å². The van der Waals surface area contributed by atoms with E-state index in [1.54, 1.807) is 12.1 Å². The van der Waals surface area contributed by atoms with Crippen LogP contribution in [0.2, 0.25) is 0 Å². The van der Waals surface area contributed by atoms with E-state index < -0.39 is 4.92 Å². The number of carbonyl (C=O) groups is 2. The van der Waals surface area contributed by atoms with Gasteiger partial charge in [0, 0.05) is 36.5 Å². The molecule has 0 radical (unpaired) electrons. The Labute approximate surface area is 286 Å². The number of anilines is 1. The van der Waals surface area contributed by atoms with E-state index in [9.17, 15) is 19.7 Å². The number of azo groups is 2. The van der Waals surface area contributed by atoms with Crippen LogP contribution in [0.25, 0.3) is 0 Å². The summed E-state index contributed by atoms with van der Waals surface area (Å²) in [6, 6.07) is 16.4. The van der Waals surface area contributed by atoms with Crippen molar-refractivity contribution in [1.29, 1.82) is 0 Å². The molecule has 0 aliphatic rings. The summed E-state index contributed by atoms with van der Waals surface area (Å²) in [6.45, 7) is 9.18. The van der Waals surface area contributed by atoms with E-state index in [0.29, 0.717) is 60.2 Å². The summed E-state index contributed by atoms with van der Waals surface area (Å²) < 4.78 is 21.5. The number of hydrogen-bond acceptors (Lipinski definition) is 13. The summed E-state index contributed by atoms with van der Waals surface area (Å²) in [5.74, 6) is -0.352. The van der Waals surface area contributed by atoms with Gasteiger partial charge in [-0.2, -0.15) is 10.2 Å². The minimum atomic E-state index is -0.485. The molecule has 3 aromatic rings. The molecule has 3 rings (SSSR count). The summed E-state index contributed by atoms with van der Waals surface area (Å²) in [4.78, 5) is 37.2. The fraction of sp³-hybridized carbons (Fsp3) is 0.429. The molecule has 0 aromatic heterocycles. The van der Waals surface area contributed by atoms with E-state index in [4.69, 9.17) is 18.9 Å². The van der Waals surface area contributed by atoms with E-state index in [0.717, 1.165) is 5.69 Å². The van der Waals surface area contributed by atoms with E-state index in [2.05, 4.69) is 25.4 Å². The van der Waals surface area contributed by atoms with Gasteiger partial charge in [-0.1, -0.05) is 20.8 Å². The van der Waals surface area contributed by atoms with Crippen molar-refractivity contribution >= 4 is 46.1 Å². The van der Waals surface area contributed by atoms with Crippen LogP contribution in [0.3, 0.4) is 0 Å². The van der Waals surface area contributed by atoms with Gasteiger partial charge in [0.25, 0.3) is 5.69 Å². The highest BCUT2D eigenvalue weighted by Gasteiger charge is 2.28. The Kier molecular flexibility index (Phi) is 14.6. The van der Waals surface area contributed by atoms with Crippen LogP contribution in [-0.4, -0.2) is 57.9 Å². The Morgan fingerprint density at radius 2 is 1.35 bits per heavy atom. The van der Waals surface area contributed by atoms with Gasteiger partial charge in [0.2, 0.25) is 0 Å². The molecular weight excluding hydrogens is 632 g/mol. The highest BCUT2D eigenvalue weighted by molar-refractivity contribution is 5.74. The number of nitro benzene ring substituents is 1. The maximum atomic E-state index is 12.7. The number of carbonyl (C=O) groups excluding carboxylic acids is 2. The second-order valence-corrected chi connectivity index (χ2v) is 11.3. The predicted molar refractivity (Wildman–Crippen MR) is 185 cm³/mol. The minimum absolute atomic E-state index is 0.00182. The van der Waals surface area contributed by atoms with Crippen molar-refractivity contribution in [3.05, 3.63) is 70.8 Å². The monoisotopic (exact) mass is 676 g/mol. The smallest absolute Gasteiger partial charge is 0.308 e. The van der Waals surface area contributed by atoms with Gasteiger partial charge >= 0.3 is 11.9 Å². The SMILES string of the molecule is CCC(C(=O)OC)C(C)CC(C)C(=O)OCCN(CC)c1ccc(N=Nc2cc(OC)c(N=Nc3ccc([N+](=O)[O-])cc3)cc2OC)cc1. The number of esters is 2. The average Bonchev–Trinajstić information content (AvgIpc) is 3.11. The zero-order valence-corrected chi connectivity index (χ0v) is 29.0. The van der Waals surface area contributed by atoms with Crippen molar-refractivity contribution in [2.75, 3.05) is 45.9 Å². The zero-order valence-electron chi connectivity index (χ0n) is 29.0. The first kappa shape index (κ1) is 38.1. The van der Waals surface area contributed by atoms with Crippen molar-refractivity contribution in [3.8, 4) is 11.5 Å². The lowest BCUT2D eigenvalue weighted by atomic mass is 9.85. The van der Waals surface area contributed by atoms with Crippen molar-refractivity contribution in [1.82, 2.24) is 0 Å². The standard InChI is InChI=1S/C35H44N6O8/c1-8-29(35(43)48-7)23(3)20-24(4)34(42)49-19-18-40(9-2)27-14-10-25(11-15-27)36-38-30-21-33(47-6)31(22-32(30)46-5)39-37-26-12-16-28(17-13-26)41(44)45/h10-17,21-24,29H,8-9,18-20H2,1-7H3. The summed E-state index contributed by atoms with van der Waals surface area (Å²) in [7, 11) is 4.37. The number of ether oxygens (including phenoxy) is 4. The average molecular weight is 677 g/mol. The third kappa shape index (κ3) is 10.8. The van der Waals surface area contributed by atoms with Crippen LogP contribution in [-0.2, 0) is 19.1 Å². The lowest BCUT2D eigenvalue weighted by Crippen LogP contribution is -2.30. The van der Waals surface area contributed by atoms with Crippen LogP contribution in [0.1, 0.15) is 40.5 Å². The summed E-state index contributed by atoms with van der Waals surface area (Å²) >= 11 is 0. The molecule has 0 N–H and O–H groups in total. The third-order valence-corrected chi connectivity index (χ3v) is 8.05. The number of nitro groups is 1. The van der Waals surface area contributed by atoms with Gasteiger partial charge in [-0.15, -0.1) is 10.2 Å². The molecule has 0 saturated carbocycles. The Hall–Kier alpha value is -5.40. The molecule has 3 unspecified atom stereocenters. The van der Waals surface area contributed by atoms with E-state index in [1.165, 1.54) is 45.6 Å². The van der Waals surface area contributed by atoms with Gasteiger partial charge < -0.3 is 23.8 Å². The van der Waals surface area contributed by atoms with Crippen molar-refractivity contribution in [2.45, 2.75) is 40.5 Å². The highest BCUT2D eigenvalue weighted by Crippen LogP contribution is 2.41. The second kappa shape index (κ2) is 18.8. The maximum Gasteiger partial charge on any atom is 0.308 e. The van der Waals surface area contributed by atoms with Crippen LogP contribution in [0, 0.1) is 27.9 Å². The number of rotatable bonds is 18. The van der Waals surface area contributed by atoms with Gasteiger partial charge in [-0.25, -0.2) is 0 Å². The first-order chi connectivity index (χ1) is 23.5. The summed E-state index contributed by atoms with van der Waals surface area (Å²) in [6.07, 6.45) is 1.19. The van der Waals surface area contributed by atoms with E-state index in [1.807, 2.05) is 52.0 Å². The number of likely N-dealkylation sites (N-methyl/N-ethyl adjacent to an activating group) is 1. The van der Waals surface area contributed by atoms with Crippen molar-refractivity contribution in [2.24, 2.45) is 38.2 Å². The Morgan fingerprint density at radius 3 is 1.80 bits per heavy atom. The molecule has 0 aliphatic heterocycles. The van der Waals surface area contributed by atoms with Crippen LogP contribution < -0.4 is 14.4 Å². The first-order valence-corrected chi connectivity index (χ1v) is 16.0. The number of non-ortho nitro benzene ring substituents is 1. The number of benzene rings is 3. The van der Waals surface area contributed by atoms with E-state index in [-0.39, 0.29) is 42.0 Å². The number of nitrogens with zero attached hydrogens (tertiary/aromatic N) is 6. The predicted octanol–water partition coefficient (Wildman–Crippen LogP) is 8.67. The number of hydrogen-bond donors (Lipinski definition) is 0. The third-order valence-electron chi connectivity index (χ3n) is 8.05.